The van der Waals surface area contributed by atoms with E-state index in [-0.39, 0.29) is 0 Å². The van der Waals surface area contributed by atoms with Crippen molar-refractivity contribution in [2.75, 3.05) is 32.4 Å². The highest BCUT2D eigenvalue weighted by molar-refractivity contribution is 7.88. The Hall–Kier alpha value is -1.11. The van der Waals surface area contributed by atoms with Gasteiger partial charge in [0.1, 0.15) is 5.75 Å². The fourth-order valence-corrected chi connectivity index (χ4v) is 4.13. The van der Waals surface area contributed by atoms with Crippen molar-refractivity contribution in [2.45, 2.75) is 18.9 Å². The van der Waals surface area contributed by atoms with Crippen LogP contribution in [0, 0.1) is 0 Å². The van der Waals surface area contributed by atoms with Crippen molar-refractivity contribution < 1.29 is 13.5 Å². The molecule has 0 spiro atoms. The highest BCUT2D eigenvalue weighted by Crippen LogP contribution is 2.37. The van der Waals surface area contributed by atoms with Gasteiger partial charge >= 0.3 is 0 Å². The second-order valence-corrected chi connectivity index (χ2v) is 7.62. The molecule has 3 rings (SSSR count). The molecule has 1 heterocycles. The molecule has 6 heteroatoms. The van der Waals surface area contributed by atoms with Gasteiger partial charge in [0.15, 0.2) is 0 Å². The van der Waals surface area contributed by atoms with E-state index >= 15 is 0 Å². The number of hydrogen-bond donors (Lipinski definition) is 1. The number of fused-ring (bicyclic) bond motifs is 1. The molecule has 1 aliphatic carbocycles. The van der Waals surface area contributed by atoms with E-state index in [1.165, 1.54) is 17.4 Å². The lowest BCUT2D eigenvalue weighted by molar-refractivity contribution is 0.137. The summed E-state index contributed by atoms with van der Waals surface area (Å²) in [5, 5.41) is 9.53. The van der Waals surface area contributed by atoms with E-state index in [4.69, 9.17) is 0 Å². The SMILES string of the molecule is CS(=O)(=O)N1CCN(C2CCc3cc(O)ccc32)CC1. The quantitative estimate of drug-likeness (QED) is 0.883. The van der Waals surface area contributed by atoms with Crippen molar-refractivity contribution in [3.05, 3.63) is 29.3 Å². The number of phenols is 1. The number of phenolic OH excluding ortho intramolecular Hbond substituents is 1. The zero-order valence-electron chi connectivity index (χ0n) is 11.6. The largest absolute Gasteiger partial charge is 0.508 e. The Labute approximate surface area is 119 Å². The third-order valence-corrected chi connectivity index (χ3v) is 5.66. The average Bonchev–Trinajstić information content (AvgIpc) is 2.80. The van der Waals surface area contributed by atoms with Gasteiger partial charge in [-0.05, 0) is 36.1 Å². The van der Waals surface area contributed by atoms with Crippen molar-refractivity contribution in [3.63, 3.8) is 0 Å². The minimum Gasteiger partial charge on any atom is -0.508 e. The number of nitrogens with zero attached hydrogens (tertiary/aromatic N) is 2. The molecule has 0 bridgehead atoms. The maximum absolute atomic E-state index is 11.5. The van der Waals surface area contributed by atoms with E-state index in [2.05, 4.69) is 4.90 Å². The van der Waals surface area contributed by atoms with Gasteiger partial charge in [0.2, 0.25) is 10.0 Å². The molecule has 0 radical (unpaired) electrons. The highest BCUT2D eigenvalue weighted by Gasteiger charge is 2.32. The van der Waals surface area contributed by atoms with E-state index in [0.29, 0.717) is 24.9 Å². The second kappa shape index (κ2) is 5.02. The lowest BCUT2D eigenvalue weighted by Gasteiger charge is -2.37. The summed E-state index contributed by atoms with van der Waals surface area (Å²) in [7, 11) is -3.07. The number of benzene rings is 1. The van der Waals surface area contributed by atoms with Gasteiger partial charge in [-0.1, -0.05) is 6.07 Å². The fourth-order valence-electron chi connectivity index (χ4n) is 3.31. The summed E-state index contributed by atoms with van der Waals surface area (Å²) in [6.45, 7) is 2.70. The standard InChI is InChI=1S/C14H20N2O3S/c1-20(18,19)16-8-6-15(7-9-16)14-5-2-11-10-12(17)3-4-13(11)14/h3-4,10,14,17H,2,5-9H2,1H3. The molecule has 20 heavy (non-hydrogen) atoms. The number of hydrogen-bond acceptors (Lipinski definition) is 4. The molecule has 110 valence electrons. The van der Waals surface area contributed by atoms with Crippen LogP contribution in [0.1, 0.15) is 23.6 Å². The molecular weight excluding hydrogens is 276 g/mol. The molecule has 1 unspecified atom stereocenters. The maximum atomic E-state index is 11.5. The summed E-state index contributed by atoms with van der Waals surface area (Å²) in [6, 6.07) is 5.96. The first-order valence-corrected chi connectivity index (χ1v) is 8.81. The van der Waals surface area contributed by atoms with Gasteiger partial charge in [-0.25, -0.2) is 8.42 Å². The van der Waals surface area contributed by atoms with E-state index in [1.807, 2.05) is 12.1 Å². The summed E-state index contributed by atoms with van der Waals surface area (Å²) in [5.74, 6) is 0.325. The summed E-state index contributed by atoms with van der Waals surface area (Å²) < 4.78 is 24.6. The van der Waals surface area contributed by atoms with Crippen LogP contribution in [0.25, 0.3) is 0 Å². The zero-order chi connectivity index (χ0) is 14.3. The first-order chi connectivity index (χ1) is 9.45. The number of aryl methyl sites for hydroxylation is 1. The summed E-state index contributed by atoms with van der Waals surface area (Å²) in [4.78, 5) is 2.37. The van der Waals surface area contributed by atoms with Crippen molar-refractivity contribution in [1.82, 2.24) is 9.21 Å². The Kier molecular flexibility index (Phi) is 3.48. The third-order valence-electron chi connectivity index (χ3n) is 4.36. The molecular formula is C14H20N2O3S. The van der Waals surface area contributed by atoms with Gasteiger partial charge in [0.25, 0.3) is 0 Å². The number of aromatic hydroxyl groups is 1. The Morgan fingerprint density at radius 3 is 2.55 bits per heavy atom. The Bertz CT molecular complexity index is 607. The van der Waals surface area contributed by atoms with Crippen LogP contribution < -0.4 is 0 Å². The number of rotatable bonds is 2. The van der Waals surface area contributed by atoms with E-state index < -0.39 is 10.0 Å². The van der Waals surface area contributed by atoms with Crippen LogP contribution in [0.3, 0.4) is 0 Å². The molecule has 0 aromatic heterocycles. The zero-order valence-corrected chi connectivity index (χ0v) is 12.4. The topological polar surface area (TPSA) is 60.9 Å². The average molecular weight is 296 g/mol. The van der Waals surface area contributed by atoms with Crippen LogP contribution in [0.15, 0.2) is 18.2 Å². The molecule has 1 fully saturated rings. The molecule has 2 aliphatic rings. The Morgan fingerprint density at radius 1 is 1.20 bits per heavy atom. The van der Waals surface area contributed by atoms with Crippen molar-refractivity contribution >= 4 is 10.0 Å². The Morgan fingerprint density at radius 2 is 1.90 bits per heavy atom. The lowest BCUT2D eigenvalue weighted by Crippen LogP contribution is -2.49. The minimum atomic E-state index is -3.07. The van der Waals surface area contributed by atoms with Gasteiger partial charge in [0.05, 0.1) is 6.26 Å². The van der Waals surface area contributed by atoms with Crippen molar-refractivity contribution in [3.8, 4) is 5.75 Å². The Balaban J connectivity index is 1.72. The van der Waals surface area contributed by atoms with Gasteiger partial charge in [-0.2, -0.15) is 4.31 Å². The summed E-state index contributed by atoms with van der Waals surface area (Å²) in [5.41, 5.74) is 2.51. The van der Waals surface area contributed by atoms with Crippen LogP contribution in [-0.2, 0) is 16.4 Å². The predicted octanol–water partition coefficient (Wildman–Crippen LogP) is 0.957. The number of piperazine rings is 1. The van der Waals surface area contributed by atoms with Gasteiger partial charge in [-0.3, -0.25) is 4.90 Å². The minimum absolute atomic E-state index is 0.325. The van der Waals surface area contributed by atoms with E-state index in [1.54, 1.807) is 10.4 Å². The molecule has 1 saturated heterocycles. The highest BCUT2D eigenvalue weighted by atomic mass is 32.2. The molecule has 0 amide bonds. The molecule has 1 N–H and O–H groups in total. The van der Waals surface area contributed by atoms with E-state index in [9.17, 15) is 13.5 Å². The van der Waals surface area contributed by atoms with E-state index in [0.717, 1.165) is 25.9 Å². The first-order valence-electron chi connectivity index (χ1n) is 6.96. The molecule has 1 aromatic carbocycles. The molecule has 1 atom stereocenters. The molecule has 0 saturated carbocycles. The van der Waals surface area contributed by atoms with Crippen LogP contribution in [0.5, 0.6) is 5.75 Å². The third kappa shape index (κ3) is 2.55. The van der Waals surface area contributed by atoms with Crippen molar-refractivity contribution in [1.29, 1.82) is 0 Å². The monoisotopic (exact) mass is 296 g/mol. The smallest absolute Gasteiger partial charge is 0.211 e. The molecule has 1 aliphatic heterocycles. The molecule has 5 nitrogen and oxygen atoms in total. The van der Waals surface area contributed by atoms with Crippen LogP contribution in [0.4, 0.5) is 0 Å². The normalized spacial score (nSPS) is 24.8. The molecule has 1 aromatic rings. The summed E-state index contributed by atoms with van der Waals surface area (Å²) >= 11 is 0. The first kappa shape index (κ1) is 13.9. The van der Waals surface area contributed by atoms with Gasteiger partial charge in [0, 0.05) is 32.2 Å². The number of sulfonamides is 1. The fraction of sp³-hybridized carbons (Fsp3) is 0.571. The predicted molar refractivity (Wildman–Crippen MR) is 77.2 cm³/mol. The summed E-state index contributed by atoms with van der Waals surface area (Å²) in [6.07, 6.45) is 3.31. The van der Waals surface area contributed by atoms with Crippen LogP contribution in [-0.4, -0.2) is 55.2 Å². The van der Waals surface area contributed by atoms with Crippen molar-refractivity contribution in [2.24, 2.45) is 0 Å². The maximum Gasteiger partial charge on any atom is 0.211 e. The van der Waals surface area contributed by atoms with Crippen LogP contribution in [0.2, 0.25) is 0 Å². The van der Waals surface area contributed by atoms with Gasteiger partial charge in [-0.15, -0.1) is 0 Å². The van der Waals surface area contributed by atoms with Gasteiger partial charge < -0.3 is 5.11 Å². The second-order valence-electron chi connectivity index (χ2n) is 5.64. The van der Waals surface area contributed by atoms with Crippen LogP contribution >= 0.6 is 0 Å². The lowest BCUT2D eigenvalue weighted by atomic mass is 10.1.